The first-order valence-corrected chi connectivity index (χ1v) is 12.2. The summed E-state index contributed by atoms with van der Waals surface area (Å²) < 4.78 is 28.3. The van der Waals surface area contributed by atoms with Gasteiger partial charge in [-0.2, -0.15) is 4.31 Å². The van der Waals surface area contributed by atoms with Crippen LogP contribution in [0.1, 0.15) is 24.8 Å². The fraction of sp³-hybridized carbons (Fsp3) is 0.320. The third kappa shape index (κ3) is 4.65. The summed E-state index contributed by atoms with van der Waals surface area (Å²) in [4.78, 5) is 15.3. The Morgan fingerprint density at radius 1 is 0.935 bits per heavy atom. The van der Waals surface area contributed by atoms with E-state index in [0.717, 1.165) is 29.2 Å². The number of hydrogen-bond acceptors (Lipinski definition) is 3. The zero-order valence-electron chi connectivity index (χ0n) is 17.8. The molecule has 0 N–H and O–H groups in total. The number of amides is 1. The molecule has 0 bridgehead atoms. The summed E-state index contributed by atoms with van der Waals surface area (Å²) in [6.45, 7) is 1.40. The van der Waals surface area contributed by atoms with Gasteiger partial charge >= 0.3 is 0 Å². The molecule has 3 aromatic carbocycles. The van der Waals surface area contributed by atoms with Crippen molar-refractivity contribution in [2.45, 2.75) is 36.6 Å². The predicted octanol–water partition coefficient (Wildman–Crippen LogP) is 4.08. The Kier molecular flexibility index (Phi) is 6.39. The highest BCUT2D eigenvalue weighted by atomic mass is 32.2. The molecular formula is C25H28N2O3S. The van der Waals surface area contributed by atoms with E-state index < -0.39 is 16.1 Å². The summed E-state index contributed by atoms with van der Waals surface area (Å²) in [7, 11) is -2.29. The highest BCUT2D eigenvalue weighted by molar-refractivity contribution is 7.89. The molecule has 1 fully saturated rings. The number of benzene rings is 3. The Balaban J connectivity index is 1.63. The minimum atomic E-state index is -3.82. The third-order valence-corrected chi connectivity index (χ3v) is 7.95. The number of likely N-dealkylation sites (tertiary alicyclic amines) is 1. The standard InChI is InChI=1S/C25H28N2O3S/c1-26(31(29,30)23-15-14-21-11-5-6-12-22(21)19-23)24(25(28)27-17-7-8-18-27)16-13-20-9-3-2-4-10-20/h2-6,9-12,14-15,19,24H,7-8,13,16-18H2,1H3. The second-order valence-electron chi connectivity index (χ2n) is 8.10. The van der Waals surface area contributed by atoms with E-state index in [-0.39, 0.29) is 10.8 Å². The lowest BCUT2D eigenvalue weighted by Gasteiger charge is -2.30. The van der Waals surface area contributed by atoms with Crippen molar-refractivity contribution in [2.24, 2.45) is 0 Å². The van der Waals surface area contributed by atoms with Gasteiger partial charge in [0.2, 0.25) is 15.9 Å². The zero-order valence-corrected chi connectivity index (χ0v) is 18.6. The van der Waals surface area contributed by atoms with Gasteiger partial charge in [-0.25, -0.2) is 8.42 Å². The number of nitrogens with zero attached hydrogens (tertiary/aromatic N) is 2. The van der Waals surface area contributed by atoms with Crippen LogP contribution in [0.2, 0.25) is 0 Å². The summed E-state index contributed by atoms with van der Waals surface area (Å²) in [5.74, 6) is -0.0969. The van der Waals surface area contributed by atoms with Gasteiger partial charge in [-0.05, 0) is 54.2 Å². The van der Waals surface area contributed by atoms with Crippen LogP contribution in [0.25, 0.3) is 10.8 Å². The van der Waals surface area contributed by atoms with E-state index in [1.165, 1.54) is 11.4 Å². The predicted molar refractivity (Wildman–Crippen MR) is 123 cm³/mol. The molecule has 1 unspecified atom stereocenters. The van der Waals surface area contributed by atoms with Gasteiger partial charge in [0, 0.05) is 20.1 Å². The zero-order chi connectivity index (χ0) is 21.8. The van der Waals surface area contributed by atoms with Crippen molar-refractivity contribution in [3.8, 4) is 0 Å². The molecule has 3 aromatic rings. The average Bonchev–Trinajstić information content (AvgIpc) is 3.34. The van der Waals surface area contributed by atoms with Gasteiger partial charge in [0.05, 0.1) is 4.90 Å². The van der Waals surface area contributed by atoms with Crippen LogP contribution in [0.15, 0.2) is 77.7 Å². The van der Waals surface area contributed by atoms with E-state index in [1.54, 1.807) is 12.1 Å². The maximum atomic E-state index is 13.5. The molecule has 31 heavy (non-hydrogen) atoms. The van der Waals surface area contributed by atoms with Crippen LogP contribution in [0.3, 0.4) is 0 Å². The molecule has 0 spiro atoms. The normalized spacial score (nSPS) is 15.5. The number of fused-ring (bicyclic) bond motifs is 1. The Labute approximate surface area is 184 Å². The lowest BCUT2D eigenvalue weighted by atomic mass is 10.0. The van der Waals surface area contributed by atoms with Crippen molar-refractivity contribution < 1.29 is 13.2 Å². The van der Waals surface area contributed by atoms with Gasteiger partial charge < -0.3 is 4.90 Å². The molecule has 5 nitrogen and oxygen atoms in total. The van der Waals surface area contributed by atoms with Gasteiger partial charge in [0.1, 0.15) is 6.04 Å². The summed E-state index contributed by atoms with van der Waals surface area (Å²) in [5.41, 5.74) is 1.10. The highest BCUT2D eigenvalue weighted by Crippen LogP contribution is 2.25. The first-order chi connectivity index (χ1) is 15.0. The van der Waals surface area contributed by atoms with E-state index in [2.05, 4.69) is 0 Å². The molecule has 0 saturated carbocycles. The number of aryl methyl sites for hydroxylation is 1. The Morgan fingerprint density at radius 2 is 1.58 bits per heavy atom. The fourth-order valence-corrected chi connectivity index (χ4v) is 5.60. The average molecular weight is 437 g/mol. The fourth-order valence-electron chi connectivity index (χ4n) is 4.22. The molecule has 4 rings (SSSR count). The van der Waals surface area contributed by atoms with Gasteiger partial charge in [-0.15, -0.1) is 0 Å². The summed E-state index contributed by atoms with van der Waals surface area (Å²) in [6.07, 6.45) is 3.03. The van der Waals surface area contributed by atoms with Crippen LogP contribution in [-0.2, 0) is 21.2 Å². The Bertz CT molecular complexity index is 1160. The van der Waals surface area contributed by atoms with E-state index in [1.807, 2.05) is 65.6 Å². The molecule has 1 aliphatic heterocycles. The van der Waals surface area contributed by atoms with E-state index >= 15 is 0 Å². The first kappa shape index (κ1) is 21.5. The second-order valence-corrected chi connectivity index (χ2v) is 10.1. The van der Waals surface area contributed by atoms with Gasteiger partial charge in [0.25, 0.3) is 0 Å². The monoisotopic (exact) mass is 436 g/mol. The molecular weight excluding hydrogens is 408 g/mol. The molecule has 6 heteroatoms. The van der Waals surface area contributed by atoms with Crippen LogP contribution < -0.4 is 0 Å². The molecule has 1 amide bonds. The summed E-state index contributed by atoms with van der Waals surface area (Å²) in [6, 6.07) is 22.0. The van der Waals surface area contributed by atoms with Crippen LogP contribution in [0.4, 0.5) is 0 Å². The van der Waals surface area contributed by atoms with Crippen LogP contribution >= 0.6 is 0 Å². The largest absolute Gasteiger partial charge is 0.341 e. The lowest BCUT2D eigenvalue weighted by Crippen LogP contribution is -2.48. The number of carbonyl (C=O) groups excluding carboxylic acids is 1. The number of carbonyl (C=O) groups is 1. The van der Waals surface area contributed by atoms with Crippen LogP contribution in [-0.4, -0.2) is 49.7 Å². The minimum Gasteiger partial charge on any atom is -0.341 e. The molecule has 0 aromatic heterocycles. The summed E-state index contributed by atoms with van der Waals surface area (Å²) >= 11 is 0. The van der Waals surface area contributed by atoms with Crippen LogP contribution in [0.5, 0.6) is 0 Å². The van der Waals surface area contributed by atoms with Crippen molar-refractivity contribution in [1.82, 2.24) is 9.21 Å². The Morgan fingerprint density at radius 3 is 2.29 bits per heavy atom. The minimum absolute atomic E-state index is 0.0969. The van der Waals surface area contributed by atoms with Crippen molar-refractivity contribution in [3.05, 3.63) is 78.4 Å². The number of rotatable bonds is 7. The molecule has 1 saturated heterocycles. The van der Waals surface area contributed by atoms with E-state index in [0.29, 0.717) is 25.9 Å². The molecule has 0 aliphatic carbocycles. The van der Waals surface area contributed by atoms with E-state index in [4.69, 9.17) is 0 Å². The first-order valence-electron chi connectivity index (χ1n) is 10.8. The SMILES string of the molecule is CN(C(CCc1ccccc1)C(=O)N1CCCC1)S(=O)(=O)c1ccc2ccccc2c1. The highest BCUT2D eigenvalue weighted by Gasteiger charge is 2.35. The molecule has 1 aliphatic rings. The quantitative estimate of drug-likeness (QED) is 0.561. The third-order valence-electron chi connectivity index (χ3n) is 6.09. The maximum absolute atomic E-state index is 13.5. The number of hydrogen-bond donors (Lipinski definition) is 0. The maximum Gasteiger partial charge on any atom is 0.243 e. The molecule has 0 radical (unpaired) electrons. The summed E-state index contributed by atoms with van der Waals surface area (Å²) in [5, 5.41) is 1.85. The molecule has 162 valence electrons. The Hall–Kier alpha value is -2.70. The number of likely N-dealkylation sites (N-methyl/N-ethyl adjacent to an activating group) is 1. The van der Waals surface area contributed by atoms with Crippen molar-refractivity contribution >= 4 is 26.7 Å². The van der Waals surface area contributed by atoms with E-state index in [9.17, 15) is 13.2 Å². The van der Waals surface area contributed by atoms with Crippen molar-refractivity contribution in [1.29, 1.82) is 0 Å². The van der Waals surface area contributed by atoms with Gasteiger partial charge in [-0.3, -0.25) is 4.79 Å². The van der Waals surface area contributed by atoms with Gasteiger partial charge in [-0.1, -0.05) is 60.7 Å². The van der Waals surface area contributed by atoms with Crippen molar-refractivity contribution in [2.75, 3.05) is 20.1 Å². The van der Waals surface area contributed by atoms with Gasteiger partial charge in [0.15, 0.2) is 0 Å². The van der Waals surface area contributed by atoms with Crippen LogP contribution in [0, 0.1) is 0 Å². The topological polar surface area (TPSA) is 57.7 Å². The molecule has 1 atom stereocenters. The lowest BCUT2D eigenvalue weighted by molar-refractivity contribution is -0.134. The van der Waals surface area contributed by atoms with Crippen molar-refractivity contribution in [3.63, 3.8) is 0 Å². The molecule has 1 heterocycles. The second kappa shape index (κ2) is 9.20. The smallest absolute Gasteiger partial charge is 0.243 e. The number of sulfonamides is 1.